The quantitative estimate of drug-likeness (QED) is 0.474. The number of nitro benzene ring substituents is 1. The largest absolute Gasteiger partial charge is 0.310 e. The van der Waals surface area contributed by atoms with Gasteiger partial charge in [-0.2, -0.15) is 5.10 Å². The first-order chi connectivity index (χ1) is 13.4. The van der Waals surface area contributed by atoms with Crippen molar-refractivity contribution in [2.75, 3.05) is 5.32 Å². The second-order valence-corrected chi connectivity index (χ2v) is 7.61. The highest BCUT2D eigenvalue weighted by Crippen LogP contribution is 2.22. The number of hydrogen-bond acceptors (Lipinski definition) is 5. The molecule has 1 atom stereocenters. The first-order valence-corrected chi connectivity index (χ1v) is 9.77. The topological polar surface area (TPSA) is 90.1 Å². The molecule has 1 unspecified atom stereocenters. The highest BCUT2D eigenvalue weighted by Gasteiger charge is 2.17. The first-order valence-electron chi connectivity index (χ1n) is 8.72. The lowest BCUT2D eigenvalue weighted by atomic mass is 10.2. The summed E-state index contributed by atoms with van der Waals surface area (Å²) in [5, 5.41) is 17.9. The number of nitrogens with one attached hydrogen (secondary N) is 1. The molecule has 0 aliphatic rings. The third-order valence-electron chi connectivity index (χ3n) is 4.10. The second kappa shape index (κ2) is 8.71. The van der Waals surface area contributed by atoms with Crippen LogP contribution in [0.5, 0.6) is 0 Å². The van der Waals surface area contributed by atoms with E-state index >= 15 is 0 Å². The van der Waals surface area contributed by atoms with Gasteiger partial charge in [0.2, 0.25) is 5.91 Å². The summed E-state index contributed by atoms with van der Waals surface area (Å²) in [6, 6.07) is 17.8. The fourth-order valence-corrected chi connectivity index (χ4v) is 3.45. The third-order valence-corrected chi connectivity index (χ3v) is 5.31. The minimum absolute atomic E-state index is 0.00384. The van der Waals surface area contributed by atoms with Crippen LogP contribution in [0.2, 0.25) is 0 Å². The smallest absolute Gasteiger partial charge is 0.269 e. The van der Waals surface area contributed by atoms with Crippen LogP contribution in [0, 0.1) is 17.0 Å². The molecule has 28 heavy (non-hydrogen) atoms. The van der Waals surface area contributed by atoms with Crippen molar-refractivity contribution in [2.45, 2.75) is 24.9 Å². The van der Waals surface area contributed by atoms with E-state index in [1.165, 1.54) is 17.7 Å². The maximum atomic E-state index is 12.6. The molecule has 0 saturated carbocycles. The molecule has 0 fully saturated rings. The van der Waals surface area contributed by atoms with Crippen LogP contribution in [0.4, 0.5) is 11.5 Å². The number of rotatable bonds is 7. The average Bonchev–Trinajstić information content (AvgIpc) is 3.07. The van der Waals surface area contributed by atoms with Crippen LogP contribution in [0.3, 0.4) is 0 Å². The van der Waals surface area contributed by atoms with Crippen LogP contribution >= 0.6 is 11.8 Å². The number of amides is 1. The van der Waals surface area contributed by atoms with Crippen LogP contribution in [0.15, 0.2) is 60.7 Å². The summed E-state index contributed by atoms with van der Waals surface area (Å²) in [4.78, 5) is 23.0. The lowest BCUT2D eigenvalue weighted by Gasteiger charge is -2.13. The fraction of sp³-hybridized carbons (Fsp3) is 0.200. The molecule has 3 aromatic rings. The van der Waals surface area contributed by atoms with Crippen molar-refractivity contribution >= 4 is 29.2 Å². The maximum Gasteiger partial charge on any atom is 0.269 e. The summed E-state index contributed by atoms with van der Waals surface area (Å²) >= 11 is 1.55. The highest BCUT2D eigenvalue weighted by molar-refractivity contribution is 7.99. The number of nitrogens with zero attached hydrogens (tertiary/aromatic N) is 3. The Bertz CT molecular complexity index is 971. The van der Waals surface area contributed by atoms with Crippen molar-refractivity contribution in [2.24, 2.45) is 0 Å². The van der Waals surface area contributed by atoms with Gasteiger partial charge >= 0.3 is 0 Å². The first kappa shape index (κ1) is 19.6. The van der Waals surface area contributed by atoms with Gasteiger partial charge in [-0.25, -0.2) is 4.68 Å². The lowest BCUT2D eigenvalue weighted by molar-refractivity contribution is -0.384. The standard InChI is InChI=1S/C20H20N4O3S/c1-14-12-19(23(22-14)17-8-10-18(11-9-17)24(26)27)21-20(25)15(2)28-13-16-6-4-3-5-7-16/h3-12,15H,13H2,1-2H3,(H,21,25). The lowest BCUT2D eigenvalue weighted by Crippen LogP contribution is -2.24. The monoisotopic (exact) mass is 396 g/mol. The Hall–Kier alpha value is -3.13. The van der Waals surface area contributed by atoms with Gasteiger partial charge in [-0.15, -0.1) is 11.8 Å². The van der Waals surface area contributed by atoms with Crippen molar-refractivity contribution in [3.05, 3.63) is 82.0 Å². The third kappa shape index (κ3) is 4.77. The Morgan fingerprint density at radius 2 is 1.89 bits per heavy atom. The van der Waals surface area contributed by atoms with Gasteiger partial charge in [0.05, 0.1) is 21.6 Å². The molecule has 1 heterocycles. The molecule has 0 aliphatic heterocycles. The van der Waals surface area contributed by atoms with Gasteiger partial charge in [0.15, 0.2) is 0 Å². The average molecular weight is 396 g/mol. The number of thioether (sulfide) groups is 1. The number of aryl methyl sites for hydroxylation is 1. The van der Waals surface area contributed by atoms with Crippen LogP contribution < -0.4 is 5.32 Å². The Kier molecular flexibility index (Phi) is 6.10. The number of anilines is 1. The minimum atomic E-state index is -0.452. The van der Waals surface area contributed by atoms with Crippen molar-refractivity contribution in [3.63, 3.8) is 0 Å². The molecule has 3 rings (SSSR count). The predicted molar refractivity (Wildman–Crippen MR) is 111 cm³/mol. The van der Waals surface area contributed by atoms with Gasteiger partial charge in [0, 0.05) is 24.0 Å². The molecule has 0 aliphatic carbocycles. The Morgan fingerprint density at radius 3 is 2.54 bits per heavy atom. The van der Waals surface area contributed by atoms with E-state index in [0.29, 0.717) is 11.5 Å². The summed E-state index contributed by atoms with van der Waals surface area (Å²) in [5.41, 5.74) is 2.54. The van der Waals surface area contributed by atoms with Crippen molar-refractivity contribution in [3.8, 4) is 5.69 Å². The summed E-state index contributed by atoms with van der Waals surface area (Å²) < 4.78 is 1.57. The maximum absolute atomic E-state index is 12.6. The van der Waals surface area contributed by atoms with Gasteiger partial charge < -0.3 is 5.32 Å². The SMILES string of the molecule is Cc1cc(NC(=O)C(C)SCc2ccccc2)n(-c2ccc([N+](=O)[O-])cc2)n1. The molecular formula is C20H20N4O3S. The van der Waals surface area contributed by atoms with Gasteiger partial charge in [-0.1, -0.05) is 30.3 Å². The number of non-ortho nitro benzene ring substituents is 1. The number of benzene rings is 2. The van der Waals surface area contributed by atoms with E-state index in [0.717, 1.165) is 11.4 Å². The molecule has 0 saturated heterocycles. The molecular weight excluding hydrogens is 376 g/mol. The zero-order valence-corrected chi connectivity index (χ0v) is 16.3. The zero-order chi connectivity index (χ0) is 20.1. The van der Waals surface area contributed by atoms with Crippen LogP contribution in [0.1, 0.15) is 18.2 Å². The molecule has 0 bridgehead atoms. The van der Waals surface area contributed by atoms with Gasteiger partial charge in [0.1, 0.15) is 5.82 Å². The number of hydrogen-bond donors (Lipinski definition) is 1. The van der Waals surface area contributed by atoms with Crippen molar-refractivity contribution < 1.29 is 9.72 Å². The summed E-state index contributed by atoms with van der Waals surface area (Å²) in [7, 11) is 0. The van der Waals surface area contributed by atoms with E-state index in [9.17, 15) is 14.9 Å². The van der Waals surface area contributed by atoms with Crippen LogP contribution in [-0.2, 0) is 10.5 Å². The van der Waals surface area contributed by atoms with E-state index in [4.69, 9.17) is 0 Å². The van der Waals surface area contributed by atoms with Crippen molar-refractivity contribution in [1.82, 2.24) is 9.78 Å². The Balaban J connectivity index is 1.70. The Labute approximate surface area is 166 Å². The van der Waals surface area contributed by atoms with E-state index in [1.54, 1.807) is 34.6 Å². The van der Waals surface area contributed by atoms with Gasteiger partial charge in [0.25, 0.3) is 5.69 Å². The van der Waals surface area contributed by atoms with Crippen LogP contribution in [0.25, 0.3) is 5.69 Å². The van der Waals surface area contributed by atoms with Gasteiger partial charge in [-0.3, -0.25) is 14.9 Å². The van der Waals surface area contributed by atoms with E-state index in [1.807, 2.05) is 44.2 Å². The number of carbonyl (C=O) groups excluding carboxylic acids is 1. The van der Waals surface area contributed by atoms with Crippen molar-refractivity contribution in [1.29, 1.82) is 0 Å². The number of aromatic nitrogens is 2. The molecule has 0 radical (unpaired) electrons. The summed E-state index contributed by atoms with van der Waals surface area (Å²) in [6.07, 6.45) is 0. The fourth-order valence-electron chi connectivity index (χ4n) is 2.60. The molecule has 1 aromatic heterocycles. The van der Waals surface area contributed by atoms with Crippen LogP contribution in [-0.4, -0.2) is 25.9 Å². The Morgan fingerprint density at radius 1 is 1.21 bits per heavy atom. The minimum Gasteiger partial charge on any atom is -0.310 e. The summed E-state index contributed by atoms with van der Waals surface area (Å²) in [6.45, 7) is 3.69. The molecule has 0 spiro atoms. The molecule has 1 amide bonds. The van der Waals surface area contributed by atoms with Gasteiger partial charge in [-0.05, 0) is 31.5 Å². The molecule has 2 aromatic carbocycles. The number of carbonyl (C=O) groups is 1. The molecule has 7 nitrogen and oxygen atoms in total. The molecule has 144 valence electrons. The van der Waals surface area contributed by atoms with E-state index in [-0.39, 0.29) is 16.8 Å². The predicted octanol–water partition coefficient (Wildman–Crippen LogP) is 4.35. The highest BCUT2D eigenvalue weighted by atomic mass is 32.2. The molecule has 1 N–H and O–H groups in total. The number of nitro groups is 1. The van der Waals surface area contributed by atoms with E-state index in [2.05, 4.69) is 10.4 Å². The summed E-state index contributed by atoms with van der Waals surface area (Å²) in [5.74, 6) is 1.16. The second-order valence-electron chi connectivity index (χ2n) is 6.28. The van der Waals surface area contributed by atoms with E-state index < -0.39 is 4.92 Å². The molecule has 8 heteroatoms. The normalized spacial score (nSPS) is 11.8. The zero-order valence-electron chi connectivity index (χ0n) is 15.5.